The van der Waals surface area contributed by atoms with Crippen LogP contribution >= 0.6 is 15.9 Å². The highest BCUT2D eigenvalue weighted by Gasteiger charge is 2.74. The Kier molecular flexibility index (Phi) is 9.07. The molecule has 1 aromatic rings. The van der Waals surface area contributed by atoms with Crippen LogP contribution in [-0.2, 0) is 31.7 Å². The lowest BCUT2D eigenvalue weighted by molar-refractivity contribution is -0.208. The summed E-state index contributed by atoms with van der Waals surface area (Å²) in [4.78, 5) is 39.5. The zero-order valence-corrected chi connectivity index (χ0v) is 24.2. The summed E-state index contributed by atoms with van der Waals surface area (Å²) in [5.74, 6) is -6.40. The normalized spacial score (nSPS) is 16.1. The van der Waals surface area contributed by atoms with Crippen LogP contribution in [-0.4, -0.2) is 39.3 Å². The molecule has 11 heteroatoms. The van der Waals surface area contributed by atoms with Gasteiger partial charge in [0.15, 0.2) is 0 Å². The van der Waals surface area contributed by atoms with Crippen LogP contribution in [0, 0.1) is 22.2 Å². The Morgan fingerprint density at radius 2 is 1.41 bits per heavy atom. The number of carboxylic acids is 2. The molecule has 0 heterocycles. The third-order valence-electron chi connectivity index (χ3n) is 6.66. The number of rotatable bonds is 7. The first kappa shape index (κ1) is 32.9. The van der Waals surface area contributed by atoms with Crippen molar-refractivity contribution in [1.82, 2.24) is 0 Å². The first-order valence-corrected chi connectivity index (χ1v) is 12.4. The highest BCUT2D eigenvalue weighted by molar-refractivity contribution is 9.10. The molecule has 37 heavy (non-hydrogen) atoms. The molecule has 7 nitrogen and oxygen atoms in total. The fourth-order valence-electron chi connectivity index (χ4n) is 5.96. The molecule has 2 atom stereocenters. The highest BCUT2D eigenvalue weighted by Crippen LogP contribution is 2.63. The van der Waals surface area contributed by atoms with Crippen LogP contribution in [0.1, 0.15) is 73.4 Å². The number of aliphatic carboxylic acids is 2. The van der Waals surface area contributed by atoms with Crippen molar-refractivity contribution in [2.45, 2.75) is 86.1 Å². The van der Waals surface area contributed by atoms with Crippen molar-refractivity contribution < 1.29 is 42.5 Å². The summed E-state index contributed by atoms with van der Waals surface area (Å²) < 4.78 is 46.1. The summed E-state index contributed by atoms with van der Waals surface area (Å²) in [6.07, 6.45) is -5.25. The largest absolute Gasteiger partial charge is 0.481 e. The molecule has 0 bridgehead atoms. The molecule has 0 fully saturated rings. The van der Waals surface area contributed by atoms with Crippen molar-refractivity contribution in [1.29, 1.82) is 0 Å². The fraction of sp³-hybridized carbons (Fsp3) is 0.654. The van der Waals surface area contributed by atoms with Gasteiger partial charge in [-0.3, -0.25) is 4.79 Å². The van der Waals surface area contributed by atoms with Gasteiger partial charge in [-0.15, -0.1) is 0 Å². The van der Waals surface area contributed by atoms with Crippen molar-refractivity contribution >= 4 is 33.8 Å². The maximum absolute atomic E-state index is 13.6. The number of ether oxygens (including phenoxy) is 1. The van der Waals surface area contributed by atoms with Crippen molar-refractivity contribution in [3.05, 3.63) is 33.8 Å². The van der Waals surface area contributed by atoms with Crippen molar-refractivity contribution in [3.8, 4) is 0 Å². The molecule has 0 aliphatic heterocycles. The minimum atomic E-state index is -4.70. The first-order valence-electron chi connectivity index (χ1n) is 11.6. The molecule has 0 amide bonds. The van der Waals surface area contributed by atoms with E-state index in [1.165, 1.54) is 20.8 Å². The van der Waals surface area contributed by atoms with Gasteiger partial charge in [-0.05, 0) is 61.8 Å². The number of alkyl halides is 3. The van der Waals surface area contributed by atoms with E-state index in [-0.39, 0.29) is 10.0 Å². The number of hydrogen-bond donors (Lipinski definition) is 3. The van der Waals surface area contributed by atoms with E-state index < -0.39 is 69.4 Å². The average molecular weight is 596 g/mol. The molecular weight excluding hydrogens is 559 g/mol. The van der Waals surface area contributed by atoms with E-state index >= 15 is 0 Å². The number of nitrogens with two attached hydrogens (primary N) is 1. The SMILES string of the molecule is CC(C)(C)OC(=O)[C@@](N)(C(=O)O)C([C@H](Cc1cc(C(F)(F)F)ccc1Br)C(=O)O)(C(C)(C)C)C(C)(C)C. The Hall–Kier alpha value is -2.14. The zero-order chi connectivity index (χ0) is 29.6. The van der Waals surface area contributed by atoms with Crippen LogP contribution in [0.3, 0.4) is 0 Å². The summed E-state index contributed by atoms with van der Waals surface area (Å²) in [6.45, 7) is 13.9. The van der Waals surface area contributed by atoms with E-state index in [0.717, 1.165) is 18.2 Å². The molecule has 4 N–H and O–H groups in total. The van der Waals surface area contributed by atoms with Gasteiger partial charge in [0.2, 0.25) is 5.54 Å². The van der Waals surface area contributed by atoms with Gasteiger partial charge in [-0.1, -0.05) is 57.5 Å². The van der Waals surface area contributed by atoms with Crippen LogP contribution in [0.2, 0.25) is 0 Å². The average Bonchev–Trinajstić information content (AvgIpc) is 2.63. The fourth-order valence-corrected chi connectivity index (χ4v) is 6.37. The predicted octanol–water partition coefficient (Wildman–Crippen LogP) is 5.91. The molecule has 0 unspecified atom stereocenters. The lowest BCUT2D eigenvalue weighted by Gasteiger charge is -2.62. The standard InChI is InChI=1S/C26H37BrF3NO6/c1-21(2,3)25(22(4,5)6,24(31,19(34)35)20(36)37-23(7,8)9)16(18(32)33)13-14-12-15(26(28,29)30)10-11-17(14)27/h10-12,16H,13,31H2,1-9H3,(H,32,33)(H,34,35)/t16-,24+/m1/s1. The van der Waals surface area contributed by atoms with Crippen LogP contribution in [0.25, 0.3) is 0 Å². The molecule has 0 spiro atoms. The van der Waals surface area contributed by atoms with Crippen LogP contribution in [0.4, 0.5) is 13.2 Å². The Balaban J connectivity index is 4.21. The second-order valence-corrected chi connectivity index (χ2v) is 13.2. The summed E-state index contributed by atoms with van der Waals surface area (Å²) >= 11 is 3.19. The van der Waals surface area contributed by atoms with Gasteiger partial charge in [0.25, 0.3) is 0 Å². The minimum Gasteiger partial charge on any atom is -0.481 e. The maximum Gasteiger partial charge on any atom is 0.416 e. The number of halogens is 4. The number of esters is 1. The number of hydrogen-bond acceptors (Lipinski definition) is 5. The van der Waals surface area contributed by atoms with Crippen LogP contribution in [0.5, 0.6) is 0 Å². The molecule has 0 saturated heterocycles. The summed E-state index contributed by atoms with van der Waals surface area (Å²) in [5.41, 5.74) is -3.26. The van der Waals surface area contributed by atoms with Crippen molar-refractivity contribution in [2.75, 3.05) is 0 Å². The molecule has 0 saturated carbocycles. The van der Waals surface area contributed by atoms with Gasteiger partial charge in [0.1, 0.15) is 5.60 Å². The topological polar surface area (TPSA) is 127 Å². The third kappa shape index (κ3) is 6.13. The smallest absolute Gasteiger partial charge is 0.416 e. The van der Waals surface area contributed by atoms with E-state index in [1.54, 1.807) is 41.5 Å². The number of carboxylic acid groups (broad SMARTS) is 2. The van der Waals surface area contributed by atoms with Gasteiger partial charge in [0, 0.05) is 9.89 Å². The van der Waals surface area contributed by atoms with E-state index in [2.05, 4.69) is 15.9 Å². The lowest BCUT2D eigenvalue weighted by atomic mass is 9.41. The number of carbonyl (C=O) groups excluding carboxylic acids is 1. The second kappa shape index (κ2) is 10.2. The molecule has 0 aliphatic carbocycles. The summed E-state index contributed by atoms with van der Waals surface area (Å²) in [5, 5.41) is 21.0. The van der Waals surface area contributed by atoms with E-state index in [0.29, 0.717) is 0 Å². The molecule has 210 valence electrons. The molecule has 1 aromatic carbocycles. The Morgan fingerprint density at radius 3 is 1.73 bits per heavy atom. The number of carbonyl (C=O) groups is 3. The van der Waals surface area contributed by atoms with E-state index in [9.17, 15) is 37.8 Å². The molecule has 0 aliphatic rings. The first-order chi connectivity index (χ1) is 16.2. The van der Waals surface area contributed by atoms with Crippen molar-refractivity contribution in [2.24, 2.45) is 27.9 Å². The Labute approximate surface area is 224 Å². The highest BCUT2D eigenvalue weighted by atomic mass is 79.9. The quantitative estimate of drug-likeness (QED) is 0.264. The Bertz CT molecular complexity index is 1040. The minimum absolute atomic E-state index is 0.0305. The van der Waals surface area contributed by atoms with Gasteiger partial charge >= 0.3 is 24.1 Å². The monoisotopic (exact) mass is 595 g/mol. The van der Waals surface area contributed by atoms with Gasteiger partial charge in [0.05, 0.1) is 11.5 Å². The third-order valence-corrected chi connectivity index (χ3v) is 7.44. The van der Waals surface area contributed by atoms with Crippen LogP contribution in [0.15, 0.2) is 22.7 Å². The number of benzene rings is 1. The zero-order valence-electron chi connectivity index (χ0n) is 22.6. The molecule has 0 aromatic heterocycles. The Morgan fingerprint density at radius 1 is 0.946 bits per heavy atom. The predicted molar refractivity (Wildman–Crippen MR) is 136 cm³/mol. The molecule has 1 rings (SSSR count). The van der Waals surface area contributed by atoms with Crippen molar-refractivity contribution in [3.63, 3.8) is 0 Å². The second-order valence-electron chi connectivity index (χ2n) is 12.3. The summed E-state index contributed by atoms with van der Waals surface area (Å²) in [7, 11) is 0. The van der Waals surface area contributed by atoms with Gasteiger partial charge in [-0.2, -0.15) is 13.2 Å². The maximum atomic E-state index is 13.6. The van der Waals surface area contributed by atoms with Gasteiger partial charge in [-0.25, -0.2) is 9.59 Å². The van der Waals surface area contributed by atoms with Crippen LogP contribution < -0.4 is 5.73 Å². The summed E-state index contributed by atoms with van der Waals surface area (Å²) in [6, 6.07) is 2.80. The van der Waals surface area contributed by atoms with E-state index in [1.807, 2.05) is 0 Å². The van der Waals surface area contributed by atoms with E-state index in [4.69, 9.17) is 10.5 Å². The molecular formula is C26H37BrF3NO6. The molecule has 0 radical (unpaired) electrons. The lowest BCUT2D eigenvalue weighted by Crippen LogP contribution is -2.77. The van der Waals surface area contributed by atoms with Gasteiger partial charge < -0.3 is 20.7 Å².